The number of aldehydes is 1. The van der Waals surface area contributed by atoms with Gasteiger partial charge in [0.25, 0.3) is 0 Å². The van der Waals surface area contributed by atoms with Gasteiger partial charge in [0.2, 0.25) is 0 Å². The van der Waals surface area contributed by atoms with Crippen LogP contribution in [0.15, 0.2) is 48.6 Å². The van der Waals surface area contributed by atoms with Crippen LogP contribution in [0.3, 0.4) is 0 Å². The lowest BCUT2D eigenvalue weighted by molar-refractivity contribution is -0.214. The van der Waals surface area contributed by atoms with Crippen molar-refractivity contribution in [2.45, 2.75) is 86.5 Å². The molecule has 6 aliphatic rings. The molecular formula is C46H56N4O10. The minimum absolute atomic E-state index is 0.188. The number of piperidine rings is 1. The molecule has 3 N–H and O–H groups in total. The Bertz CT molecular complexity index is 2310. The van der Waals surface area contributed by atoms with Gasteiger partial charge in [-0.25, -0.2) is 9.86 Å². The predicted octanol–water partition coefficient (Wildman–Crippen LogP) is 3.58. The summed E-state index contributed by atoms with van der Waals surface area (Å²) in [5.74, 6) is -3.90. The van der Waals surface area contributed by atoms with E-state index < -0.39 is 63.4 Å². The molecule has 3 fully saturated rings. The molecule has 3 unspecified atom stereocenters. The first-order chi connectivity index (χ1) is 28.8. The monoisotopic (exact) mass is 824 g/mol. The third kappa shape index (κ3) is 5.11. The molecular weight excluding hydrogens is 769 g/mol. The number of nitrogens with one attached hydrogen (secondary N) is 1. The standard InChI is InChI=1S/C46H56N4O10/c1-7-42(55)22-27-23-45(40(53)58-4,36-30(14-18-48(24-27)26-42)29-12-9-10-13-33(29)47-36)31-21-32-34(20-28(31)25-51)50(60-6)39-44(32)16-19-49-17-11-15-43(8-2,38(44)49)35(37(52)57-3)46(39,56)41(54)59-5/h9-13,15,20-21,25,27,35,38-39,47,55-56H,7-8,14,16-19,22-24,26H2,1-6H3/t27?,35-,38-,39-,42+,43+,44?,45+,46-/m1/s1. The lowest BCUT2D eigenvalue weighted by Crippen LogP contribution is -2.80. The third-order valence-corrected chi connectivity index (χ3v) is 15.7. The van der Waals surface area contributed by atoms with Crippen molar-refractivity contribution in [3.05, 3.63) is 76.5 Å². The maximum Gasteiger partial charge on any atom is 0.341 e. The number of hydrogen-bond acceptors (Lipinski definition) is 13. The number of rotatable bonds is 8. The highest BCUT2D eigenvalue weighted by molar-refractivity contribution is 5.97. The van der Waals surface area contributed by atoms with Crippen molar-refractivity contribution in [3.63, 3.8) is 0 Å². The fourth-order valence-corrected chi connectivity index (χ4v) is 13.6. The van der Waals surface area contributed by atoms with Crippen molar-refractivity contribution in [2.75, 3.05) is 66.2 Å². The van der Waals surface area contributed by atoms with Crippen LogP contribution in [-0.4, -0.2) is 134 Å². The largest absolute Gasteiger partial charge is 0.469 e. The number of H-pyrrole nitrogens is 1. The number of carbonyl (C=O) groups excluding carboxylic acids is 4. The first-order valence-electron chi connectivity index (χ1n) is 21.2. The van der Waals surface area contributed by atoms with Crippen LogP contribution in [0.4, 0.5) is 5.69 Å². The van der Waals surface area contributed by atoms with E-state index in [0.29, 0.717) is 87.3 Å². The number of fused-ring (bicyclic) bond motifs is 6. The number of ether oxygens (including phenoxy) is 3. The summed E-state index contributed by atoms with van der Waals surface area (Å²) in [4.78, 5) is 72.2. The molecule has 320 valence electrons. The van der Waals surface area contributed by atoms with Crippen LogP contribution in [0.2, 0.25) is 0 Å². The Labute approximate surface area is 349 Å². The van der Waals surface area contributed by atoms with Gasteiger partial charge in [-0.1, -0.05) is 50.3 Å². The number of para-hydroxylation sites is 1. The normalized spacial score (nSPS) is 36.5. The lowest BCUT2D eigenvalue weighted by atomic mass is 9.45. The Morgan fingerprint density at radius 1 is 0.933 bits per heavy atom. The second kappa shape index (κ2) is 14.2. The van der Waals surface area contributed by atoms with E-state index in [0.717, 1.165) is 22.8 Å². The molecule has 6 heterocycles. The number of anilines is 1. The van der Waals surface area contributed by atoms with Crippen LogP contribution in [0.5, 0.6) is 0 Å². The fourth-order valence-electron chi connectivity index (χ4n) is 13.6. The van der Waals surface area contributed by atoms with E-state index in [2.05, 4.69) is 14.8 Å². The quantitative estimate of drug-likeness (QED) is 0.131. The van der Waals surface area contributed by atoms with E-state index in [4.69, 9.17) is 19.0 Å². The van der Waals surface area contributed by atoms with Crippen molar-refractivity contribution in [2.24, 2.45) is 17.3 Å². The fraction of sp³-hybridized carbons (Fsp3) is 0.565. The number of esters is 3. The van der Waals surface area contributed by atoms with Gasteiger partial charge in [0.15, 0.2) is 5.60 Å². The molecule has 1 saturated carbocycles. The molecule has 2 aromatic carbocycles. The summed E-state index contributed by atoms with van der Waals surface area (Å²) < 4.78 is 16.7. The van der Waals surface area contributed by atoms with Gasteiger partial charge in [-0.15, -0.1) is 0 Å². The van der Waals surface area contributed by atoms with E-state index in [1.54, 1.807) is 6.07 Å². The summed E-state index contributed by atoms with van der Waals surface area (Å²) >= 11 is 0. The van der Waals surface area contributed by atoms with Crippen LogP contribution in [0.25, 0.3) is 10.9 Å². The highest BCUT2D eigenvalue weighted by atomic mass is 16.7. The number of aliphatic hydroxyl groups is 2. The number of hydrogen-bond donors (Lipinski definition) is 3. The highest BCUT2D eigenvalue weighted by Crippen LogP contribution is 2.69. The zero-order chi connectivity index (χ0) is 42.6. The smallest absolute Gasteiger partial charge is 0.341 e. The Morgan fingerprint density at radius 2 is 1.70 bits per heavy atom. The van der Waals surface area contributed by atoms with Crippen LogP contribution < -0.4 is 5.06 Å². The van der Waals surface area contributed by atoms with Gasteiger partial charge in [0.05, 0.1) is 39.7 Å². The van der Waals surface area contributed by atoms with Crippen LogP contribution in [0.1, 0.15) is 78.7 Å². The summed E-state index contributed by atoms with van der Waals surface area (Å²) in [6.45, 7) is 6.86. The van der Waals surface area contributed by atoms with E-state index in [1.165, 1.54) is 33.5 Å². The SMILES string of the molecule is CC[C@]1(O)CC2CN(CCc3c([nH]c4ccccc34)[C@@](C(=O)OC)(c3cc4c(cc3C=O)N(OC)[C@@H]3C45CCN4CC=C[C@@](CC)([C@@H](C(=O)OC)[C@]3(O)C(=O)OC)[C@@H]45)C2)C1. The molecule has 5 aliphatic heterocycles. The molecule has 1 spiro atoms. The van der Waals surface area contributed by atoms with Gasteiger partial charge < -0.3 is 29.4 Å². The minimum atomic E-state index is -2.51. The number of hydroxylamine groups is 1. The zero-order valence-electron chi connectivity index (χ0n) is 35.3. The summed E-state index contributed by atoms with van der Waals surface area (Å²) in [6, 6.07) is 9.89. The maximum absolute atomic E-state index is 15.3. The molecule has 0 amide bonds. The third-order valence-electron chi connectivity index (χ3n) is 15.7. The van der Waals surface area contributed by atoms with Crippen molar-refractivity contribution in [1.29, 1.82) is 0 Å². The van der Waals surface area contributed by atoms with E-state index in [-0.39, 0.29) is 17.9 Å². The molecule has 60 heavy (non-hydrogen) atoms. The lowest BCUT2D eigenvalue weighted by Gasteiger charge is -2.63. The second-order valence-corrected chi connectivity index (χ2v) is 18.1. The van der Waals surface area contributed by atoms with Crippen molar-refractivity contribution in [3.8, 4) is 0 Å². The predicted molar refractivity (Wildman–Crippen MR) is 220 cm³/mol. The van der Waals surface area contributed by atoms with E-state index in [9.17, 15) is 24.6 Å². The van der Waals surface area contributed by atoms with E-state index in [1.807, 2.05) is 56.3 Å². The summed E-state index contributed by atoms with van der Waals surface area (Å²) in [6.07, 6.45) is 7.27. The maximum atomic E-state index is 15.3. The van der Waals surface area contributed by atoms with Crippen LogP contribution in [0, 0.1) is 17.3 Å². The first kappa shape index (κ1) is 40.8. The average Bonchev–Trinajstić information content (AvgIpc) is 3.94. The van der Waals surface area contributed by atoms with Gasteiger partial charge in [-0.3, -0.25) is 29.0 Å². The van der Waals surface area contributed by atoms with Gasteiger partial charge in [0.1, 0.15) is 23.7 Å². The Morgan fingerprint density at radius 3 is 2.38 bits per heavy atom. The summed E-state index contributed by atoms with van der Waals surface area (Å²) in [5, 5.41) is 27.8. The van der Waals surface area contributed by atoms with Gasteiger partial charge in [0, 0.05) is 65.2 Å². The molecule has 2 bridgehead atoms. The summed E-state index contributed by atoms with van der Waals surface area (Å²) in [7, 11) is 5.24. The first-order valence-corrected chi connectivity index (χ1v) is 21.2. The van der Waals surface area contributed by atoms with Crippen LogP contribution in [-0.2, 0) is 50.7 Å². The van der Waals surface area contributed by atoms with Crippen LogP contribution >= 0.6 is 0 Å². The van der Waals surface area contributed by atoms with Gasteiger partial charge >= 0.3 is 17.9 Å². The number of aromatic amines is 1. The van der Waals surface area contributed by atoms with Crippen molar-refractivity contribution >= 4 is 40.8 Å². The Kier molecular flexibility index (Phi) is 9.68. The Hall–Kier alpha value is -4.60. The minimum Gasteiger partial charge on any atom is -0.469 e. The highest BCUT2D eigenvalue weighted by Gasteiger charge is 2.81. The molecule has 3 aromatic rings. The second-order valence-electron chi connectivity index (χ2n) is 18.1. The number of methoxy groups -OCH3 is 3. The van der Waals surface area contributed by atoms with Crippen molar-refractivity contribution < 1.29 is 48.4 Å². The Balaban J connectivity index is 1.39. The molecule has 9 rings (SSSR count). The van der Waals surface area contributed by atoms with E-state index >= 15 is 4.79 Å². The number of carbonyl (C=O) groups is 4. The van der Waals surface area contributed by atoms with Crippen molar-refractivity contribution in [1.82, 2.24) is 14.8 Å². The number of benzene rings is 2. The van der Waals surface area contributed by atoms with Gasteiger partial charge in [-0.05, 0) is 79.8 Å². The van der Waals surface area contributed by atoms with Gasteiger partial charge in [-0.2, -0.15) is 0 Å². The molecule has 2 saturated heterocycles. The molecule has 1 aliphatic carbocycles. The number of nitrogens with zero attached hydrogens (tertiary/aromatic N) is 3. The molecule has 14 nitrogen and oxygen atoms in total. The molecule has 1 aromatic heterocycles. The summed E-state index contributed by atoms with van der Waals surface area (Å²) in [5.41, 5.74) is -3.16. The number of aromatic nitrogens is 1. The average molecular weight is 825 g/mol. The molecule has 14 heteroatoms. The topological polar surface area (TPSA) is 171 Å². The molecule has 10 atom stereocenters. The zero-order valence-corrected chi connectivity index (χ0v) is 35.3. The molecule has 0 radical (unpaired) electrons.